The van der Waals surface area contributed by atoms with Crippen molar-refractivity contribution in [2.24, 2.45) is 0 Å². The average Bonchev–Trinajstić information content (AvgIpc) is 2.27. The van der Waals surface area contributed by atoms with E-state index in [9.17, 15) is 13.6 Å². The fourth-order valence-electron chi connectivity index (χ4n) is 1.72. The fraction of sp³-hybridized carbons (Fsp3) is 0.364. The van der Waals surface area contributed by atoms with Crippen molar-refractivity contribution in [3.05, 3.63) is 23.8 Å². The third-order valence-corrected chi connectivity index (χ3v) is 2.56. The summed E-state index contributed by atoms with van der Waals surface area (Å²) in [7, 11) is 1.52. The Morgan fingerprint density at radius 3 is 2.88 bits per heavy atom. The highest BCUT2D eigenvalue weighted by Crippen LogP contribution is 2.31. The van der Waals surface area contributed by atoms with E-state index in [1.165, 1.54) is 7.11 Å². The number of amides is 1. The number of rotatable bonds is 3. The molecule has 17 heavy (non-hydrogen) atoms. The second-order valence-corrected chi connectivity index (χ2v) is 3.78. The van der Waals surface area contributed by atoms with Crippen LogP contribution in [0.3, 0.4) is 0 Å². The number of halogens is 2. The molecule has 1 aliphatic rings. The molecule has 0 aromatic heterocycles. The Morgan fingerprint density at radius 2 is 2.18 bits per heavy atom. The first-order chi connectivity index (χ1) is 8.11. The molecule has 0 spiro atoms. The molecule has 1 aliphatic heterocycles. The zero-order valence-electron chi connectivity index (χ0n) is 9.22. The van der Waals surface area contributed by atoms with Crippen LogP contribution in [0.15, 0.2) is 12.1 Å². The number of benzene rings is 1. The summed E-state index contributed by atoms with van der Waals surface area (Å²) in [4.78, 5) is 11.6. The van der Waals surface area contributed by atoms with Gasteiger partial charge in [-0.1, -0.05) is 0 Å². The molecule has 0 radical (unpaired) electrons. The molecule has 2 N–H and O–H groups in total. The van der Waals surface area contributed by atoms with Crippen molar-refractivity contribution in [1.29, 1.82) is 0 Å². The van der Waals surface area contributed by atoms with E-state index in [0.717, 1.165) is 12.1 Å². The van der Waals surface area contributed by atoms with Crippen LogP contribution in [0, 0.1) is 11.6 Å². The van der Waals surface area contributed by atoms with Gasteiger partial charge in [-0.15, -0.1) is 0 Å². The number of nitrogens with one attached hydrogen (secondary N) is 2. The molecule has 1 aromatic carbocycles. The number of fused-ring (bicyclic) bond motifs is 1. The molecular weight excluding hydrogens is 230 g/mol. The van der Waals surface area contributed by atoms with E-state index in [2.05, 4.69) is 10.6 Å². The lowest BCUT2D eigenvalue weighted by molar-refractivity contribution is -0.117. The molecule has 4 nitrogen and oxygen atoms in total. The number of carbonyl (C=O) groups excluding carboxylic acids is 1. The summed E-state index contributed by atoms with van der Waals surface area (Å²) in [5, 5.41) is 5.21. The molecule has 1 unspecified atom stereocenters. The van der Waals surface area contributed by atoms with E-state index >= 15 is 0 Å². The number of anilines is 2. The van der Waals surface area contributed by atoms with E-state index in [4.69, 9.17) is 4.74 Å². The highest BCUT2D eigenvalue weighted by atomic mass is 19.1. The maximum absolute atomic E-state index is 13.4. The van der Waals surface area contributed by atoms with Gasteiger partial charge in [0.15, 0.2) is 5.82 Å². The molecule has 0 saturated heterocycles. The molecule has 0 saturated carbocycles. The minimum atomic E-state index is -0.786. The molecule has 0 aliphatic carbocycles. The lowest BCUT2D eigenvalue weighted by Gasteiger charge is -2.26. The van der Waals surface area contributed by atoms with Crippen molar-refractivity contribution in [3.63, 3.8) is 0 Å². The number of methoxy groups -OCH3 is 1. The van der Waals surface area contributed by atoms with Gasteiger partial charge in [-0.05, 0) is 12.5 Å². The Labute approximate surface area is 97.0 Å². The van der Waals surface area contributed by atoms with Crippen molar-refractivity contribution in [1.82, 2.24) is 0 Å². The molecule has 2 rings (SSSR count). The van der Waals surface area contributed by atoms with Gasteiger partial charge in [0.1, 0.15) is 17.5 Å². The van der Waals surface area contributed by atoms with Crippen LogP contribution in [0.25, 0.3) is 0 Å². The Morgan fingerprint density at radius 1 is 1.41 bits per heavy atom. The number of ether oxygens (including phenoxy) is 1. The van der Waals surface area contributed by atoms with Gasteiger partial charge in [0, 0.05) is 19.8 Å². The summed E-state index contributed by atoms with van der Waals surface area (Å²) >= 11 is 0. The van der Waals surface area contributed by atoms with Crippen LogP contribution < -0.4 is 10.6 Å². The summed E-state index contributed by atoms with van der Waals surface area (Å²) < 4.78 is 31.2. The van der Waals surface area contributed by atoms with Crippen molar-refractivity contribution >= 4 is 17.3 Å². The lowest BCUT2D eigenvalue weighted by atomic mass is 10.1. The standard InChI is InChI=1S/C11H12F2N2O2/c1-17-3-2-8-11(16)15-10-7(13)4-6(12)5-9(10)14-8/h4-5,8,14H,2-3H2,1H3,(H,15,16). The van der Waals surface area contributed by atoms with Crippen molar-refractivity contribution in [3.8, 4) is 0 Å². The Bertz CT molecular complexity index is 451. The molecule has 1 heterocycles. The van der Waals surface area contributed by atoms with E-state index in [0.29, 0.717) is 13.0 Å². The second-order valence-electron chi connectivity index (χ2n) is 3.78. The second kappa shape index (κ2) is 4.67. The minimum Gasteiger partial charge on any atom is -0.385 e. The molecule has 6 heteroatoms. The van der Waals surface area contributed by atoms with E-state index in [1.807, 2.05) is 0 Å². The largest absolute Gasteiger partial charge is 0.385 e. The molecule has 1 aromatic rings. The van der Waals surface area contributed by atoms with Crippen LogP contribution in [0.5, 0.6) is 0 Å². The van der Waals surface area contributed by atoms with Gasteiger partial charge in [-0.3, -0.25) is 4.79 Å². The SMILES string of the molecule is COCCC1Nc2cc(F)cc(F)c2NC1=O. The maximum atomic E-state index is 13.4. The molecule has 92 valence electrons. The monoisotopic (exact) mass is 242 g/mol. The number of carbonyl (C=O) groups is 1. The minimum absolute atomic E-state index is 0.00920. The van der Waals surface area contributed by atoms with Gasteiger partial charge in [-0.25, -0.2) is 8.78 Å². The summed E-state index contributed by atoms with van der Waals surface area (Å²) in [6, 6.07) is 1.34. The molecule has 0 fully saturated rings. The van der Waals surface area contributed by atoms with Gasteiger partial charge in [0.2, 0.25) is 5.91 Å². The first-order valence-electron chi connectivity index (χ1n) is 5.17. The third kappa shape index (κ3) is 2.36. The molecule has 0 bridgehead atoms. The van der Waals surface area contributed by atoms with E-state index < -0.39 is 17.7 Å². The van der Waals surface area contributed by atoms with Gasteiger partial charge in [0.25, 0.3) is 0 Å². The Hall–Kier alpha value is -1.69. The molecule has 1 atom stereocenters. The van der Waals surface area contributed by atoms with Crippen LogP contribution in [0.1, 0.15) is 6.42 Å². The molecule has 1 amide bonds. The van der Waals surface area contributed by atoms with Crippen LogP contribution in [0.4, 0.5) is 20.2 Å². The quantitative estimate of drug-likeness (QED) is 0.848. The highest BCUT2D eigenvalue weighted by Gasteiger charge is 2.27. The summed E-state index contributed by atoms with van der Waals surface area (Å²) in [5.74, 6) is -1.82. The smallest absolute Gasteiger partial charge is 0.247 e. The maximum Gasteiger partial charge on any atom is 0.247 e. The fourth-order valence-corrected chi connectivity index (χ4v) is 1.72. The number of hydrogen-bond acceptors (Lipinski definition) is 3. The Kier molecular flexibility index (Phi) is 3.23. The average molecular weight is 242 g/mol. The summed E-state index contributed by atoms with van der Waals surface area (Å²) in [6.45, 7) is 0.387. The van der Waals surface area contributed by atoms with Gasteiger partial charge < -0.3 is 15.4 Å². The number of hydrogen-bond donors (Lipinski definition) is 2. The molecular formula is C11H12F2N2O2. The predicted octanol–water partition coefficient (Wildman–Crippen LogP) is 1.73. The third-order valence-electron chi connectivity index (χ3n) is 2.56. The van der Waals surface area contributed by atoms with Crippen molar-refractivity contribution in [2.75, 3.05) is 24.4 Å². The van der Waals surface area contributed by atoms with Gasteiger partial charge in [-0.2, -0.15) is 0 Å². The Balaban J connectivity index is 2.24. The van der Waals surface area contributed by atoms with Crippen LogP contribution in [0.2, 0.25) is 0 Å². The normalized spacial score (nSPS) is 18.3. The van der Waals surface area contributed by atoms with Crippen molar-refractivity contribution in [2.45, 2.75) is 12.5 Å². The first kappa shape index (κ1) is 11.8. The van der Waals surface area contributed by atoms with Gasteiger partial charge in [0.05, 0.1) is 5.69 Å². The summed E-state index contributed by atoms with van der Waals surface area (Å²) in [5.41, 5.74) is 0.244. The lowest BCUT2D eigenvalue weighted by Crippen LogP contribution is -2.40. The van der Waals surface area contributed by atoms with Gasteiger partial charge >= 0.3 is 0 Å². The van der Waals surface area contributed by atoms with Crippen LogP contribution in [-0.4, -0.2) is 25.7 Å². The predicted molar refractivity (Wildman–Crippen MR) is 58.9 cm³/mol. The van der Waals surface area contributed by atoms with E-state index in [-0.39, 0.29) is 17.3 Å². The first-order valence-corrected chi connectivity index (χ1v) is 5.17. The van der Waals surface area contributed by atoms with Crippen molar-refractivity contribution < 1.29 is 18.3 Å². The van der Waals surface area contributed by atoms with Crippen LogP contribution in [-0.2, 0) is 9.53 Å². The topological polar surface area (TPSA) is 50.4 Å². The summed E-state index contributed by atoms with van der Waals surface area (Å²) in [6.07, 6.45) is 0.430. The van der Waals surface area contributed by atoms with Crippen LogP contribution >= 0.6 is 0 Å². The zero-order valence-corrected chi connectivity index (χ0v) is 9.22. The van der Waals surface area contributed by atoms with E-state index in [1.54, 1.807) is 0 Å². The zero-order chi connectivity index (χ0) is 12.4. The highest BCUT2D eigenvalue weighted by molar-refractivity contribution is 6.03.